The topological polar surface area (TPSA) is 32.8 Å². The Morgan fingerprint density at radius 1 is 1.13 bits per heavy atom. The van der Waals surface area contributed by atoms with Crippen molar-refractivity contribution < 1.29 is 9.53 Å². The van der Waals surface area contributed by atoms with Crippen molar-refractivity contribution in [2.45, 2.75) is 44.8 Å². The third-order valence-electron chi connectivity index (χ3n) is 5.04. The molecule has 2 fully saturated rings. The number of benzene rings is 1. The maximum atomic E-state index is 12.8. The Morgan fingerprint density at radius 2 is 1.87 bits per heavy atom. The van der Waals surface area contributed by atoms with Crippen LogP contribution in [0.15, 0.2) is 24.3 Å². The van der Waals surface area contributed by atoms with Crippen molar-refractivity contribution in [3.63, 3.8) is 0 Å². The minimum atomic E-state index is 0.222. The third-order valence-corrected chi connectivity index (χ3v) is 5.04. The predicted octanol–water partition coefficient (Wildman–Crippen LogP) is 3.06. The molecule has 1 aliphatic heterocycles. The molecule has 4 nitrogen and oxygen atoms in total. The molecule has 3 rings (SSSR count). The largest absolute Gasteiger partial charge is 0.378 e. The summed E-state index contributed by atoms with van der Waals surface area (Å²) in [5.41, 5.74) is 2.38. The molecule has 0 bridgehead atoms. The second-order valence-electron chi connectivity index (χ2n) is 7.04. The second kappa shape index (κ2) is 7.35. The Kier molecular flexibility index (Phi) is 5.21. The quantitative estimate of drug-likeness (QED) is 0.808. The van der Waals surface area contributed by atoms with Crippen LogP contribution in [0.4, 0.5) is 5.69 Å². The van der Waals surface area contributed by atoms with Crippen molar-refractivity contribution in [2.24, 2.45) is 5.92 Å². The highest BCUT2D eigenvalue weighted by atomic mass is 16.5. The number of nitrogens with zero attached hydrogens (tertiary/aromatic N) is 2. The molecule has 1 aromatic rings. The van der Waals surface area contributed by atoms with E-state index in [0.717, 1.165) is 38.8 Å². The predicted molar refractivity (Wildman–Crippen MR) is 92.5 cm³/mol. The first kappa shape index (κ1) is 16.3. The molecule has 23 heavy (non-hydrogen) atoms. The second-order valence-corrected chi connectivity index (χ2v) is 7.04. The van der Waals surface area contributed by atoms with Crippen molar-refractivity contribution in [3.05, 3.63) is 29.8 Å². The molecular formula is C19H28N2O2. The Morgan fingerprint density at radius 3 is 2.39 bits per heavy atom. The molecule has 1 unspecified atom stereocenters. The number of carbonyl (C=O) groups is 1. The SMILES string of the molecule is CN(C)c1ccc(CN(CC2CCCO2)C(=O)C2CCC2)cc1. The molecule has 0 spiro atoms. The van der Waals surface area contributed by atoms with E-state index in [1.807, 2.05) is 19.0 Å². The van der Waals surface area contributed by atoms with E-state index in [1.54, 1.807) is 0 Å². The van der Waals surface area contributed by atoms with Gasteiger partial charge in [-0.1, -0.05) is 18.6 Å². The fourth-order valence-corrected chi connectivity index (χ4v) is 3.30. The van der Waals surface area contributed by atoms with Crippen LogP contribution in [-0.4, -0.2) is 44.2 Å². The van der Waals surface area contributed by atoms with Crippen LogP contribution in [-0.2, 0) is 16.1 Å². The highest BCUT2D eigenvalue weighted by Gasteiger charge is 2.31. The van der Waals surface area contributed by atoms with Gasteiger partial charge in [-0.2, -0.15) is 0 Å². The average molecular weight is 316 g/mol. The molecule has 1 heterocycles. The van der Waals surface area contributed by atoms with Gasteiger partial charge in [0.15, 0.2) is 0 Å². The Hall–Kier alpha value is -1.55. The molecule has 1 aromatic carbocycles. The Balaban J connectivity index is 1.67. The van der Waals surface area contributed by atoms with E-state index in [1.165, 1.54) is 17.7 Å². The fraction of sp³-hybridized carbons (Fsp3) is 0.632. The summed E-state index contributed by atoms with van der Waals surface area (Å²) in [4.78, 5) is 16.9. The minimum Gasteiger partial charge on any atom is -0.378 e. The molecule has 0 aromatic heterocycles. The van der Waals surface area contributed by atoms with E-state index in [-0.39, 0.29) is 12.0 Å². The van der Waals surface area contributed by atoms with E-state index < -0.39 is 0 Å². The first-order valence-electron chi connectivity index (χ1n) is 8.80. The van der Waals surface area contributed by atoms with Gasteiger partial charge >= 0.3 is 0 Å². The molecule has 1 amide bonds. The summed E-state index contributed by atoms with van der Waals surface area (Å²) >= 11 is 0. The van der Waals surface area contributed by atoms with Gasteiger partial charge in [-0.15, -0.1) is 0 Å². The monoisotopic (exact) mass is 316 g/mol. The van der Waals surface area contributed by atoms with Gasteiger partial charge in [0, 0.05) is 45.4 Å². The number of carbonyl (C=O) groups excluding carboxylic acids is 1. The number of hydrogen-bond acceptors (Lipinski definition) is 3. The summed E-state index contributed by atoms with van der Waals surface area (Å²) in [6.45, 7) is 2.28. The summed E-state index contributed by atoms with van der Waals surface area (Å²) in [6.07, 6.45) is 5.73. The Bertz CT molecular complexity index is 517. The van der Waals surface area contributed by atoms with Crippen LogP contribution in [0.2, 0.25) is 0 Å². The number of hydrogen-bond donors (Lipinski definition) is 0. The molecule has 1 saturated carbocycles. The molecule has 0 N–H and O–H groups in total. The lowest BCUT2D eigenvalue weighted by molar-refractivity contribution is -0.140. The van der Waals surface area contributed by atoms with Gasteiger partial charge < -0.3 is 14.5 Å². The van der Waals surface area contributed by atoms with E-state index in [9.17, 15) is 4.79 Å². The van der Waals surface area contributed by atoms with Gasteiger partial charge in [-0.3, -0.25) is 4.79 Å². The van der Waals surface area contributed by atoms with Crippen LogP contribution in [0.1, 0.15) is 37.7 Å². The zero-order valence-corrected chi connectivity index (χ0v) is 14.3. The number of amides is 1. The third kappa shape index (κ3) is 4.05. The highest BCUT2D eigenvalue weighted by molar-refractivity contribution is 5.79. The molecule has 1 atom stereocenters. The van der Waals surface area contributed by atoms with Crippen molar-refractivity contribution in [3.8, 4) is 0 Å². The van der Waals surface area contributed by atoms with Gasteiger partial charge in [-0.25, -0.2) is 0 Å². The first-order valence-corrected chi connectivity index (χ1v) is 8.80. The smallest absolute Gasteiger partial charge is 0.226 e. The lowest BCUT2D eigenvalue weighted by Gasteiger charge is -2.33. The number of rotatable bonds is 6. The first-order chi connectivity index (χ1) is 11.1. The van der Waals surface area contributed by atoms with Crippen LogP contribution in [0.25, 0.3) is 0 Å². The van der Waals surface area contributed by atoms with Gasteiger partial charge in [-0.05, 0) is 43.4 Å². The van der Waals surface area contributed by atoms with Crippen LogP contribution < -0.4 is 4.90 Å². The summed E-state index contributed by atoms with van der Waals surface area (Å²) in [5.74, 6) is 0.570. The van der Waals surface area contributed by atoms with Crippen molar-refractivity contribution in [1.82, 2.24) is 4.90 Å². The molecule has 126 valence electrons. The lowest BCUT2D eigenvalue weighted by atomic mass is 9.84. The van der Waals surface area contributed by atoms with E-state index in [2.05, 4.69) is 29.2 Å². The molecule has 1 aliphatic carbocycles. The van der Waals surface area contributed by atoms with E-state index in [4.69, 9.17) is 4.74 Å². The van der Waals surface area contributed by atoms with E-state index >= 15 is 0 Å². The van der Waals surface area contributed by atoms with E-state index in [0.29, 0.717) is 12.5 Å². The maximum Gasteiger partial charge on any atom is 0.226 e. The minimum absolute atomic E-state index is 0.222. The molecule has 0 radical (unpaired) electrons. The zero-order valence-electron chi connectivity index (χ0n) is 14.3. The average Bonchev–Trinajstić information content (AvgIpc) is 2.98. The van der Waals surface area contributed by atoms with Crippen LogP contribution in [0, 0.1) is 5.92 Å². The molecule has 4 heteroatoms. The highest BCUT2D eigenvalue weighted by Crippen LogP contribution is 2.29. The summed E-state index contributed by atoms with van der Waals surface area (Å²) < 4.78 is 5.75. The van der Waals surface area contributed by atoms with Crippen LogP contribution in [0.5, 0.6) is 0 Å². The summed E-state index contributed by atoms with van der Waals surface area (Å²) in [5, 5.41) is 0. The number of ether oxygens (including phenoxy) is 1. The van der Waals surface area contributed by atoms with Crippen LogP contribution in [0.3, 0.4) is 0 Å². The lowest BCUT2D eigenvalue weighted by Crippen LogP contribution is -2.42. The van der Waals surface area contributed by atoms with Crippen molar-refractivity contribution in [2.75, 3.05) is 32.1 Å². The van der Waals surface area contributed by atoms with Crippen molar-refractivity contribution >= 4 is 11.6 Å². The van der Waals surface area contributed by atoms with Gasteiger partial charge in [0.2, 0.25) is 5.91 Å². The Labute approximate surface area is 139 Å². The number of anilines is 1. The van der Waals surface area contributed by atoms with Crippen molar-refractivity contribution in [1.29, 1.82) is 0 Å². The molecule has 2 aliphatic rings. The van der Waals surface area contributed by atoms with Gasteiger partial charge in [0.1, 0.15) is 0 Å². The molecular weight excluding hydrogens is 288 g/mol. The fourth-order valence-electron chi connectivity index (χ4n) is 3.30. The van der Waals surface area contributed by atoms with Gasteiger partial charge in [0.05, 0.1) is 6.10 Å². The summed E-state index contributed by atoms with van der Waals surface area (Å²) in [6, 6.07) is 8.50. The normalized spacial score (nSPS) is 21.0. The molecule has 1 saturated heterocycles. The maximum absolute atomic E-state index is 12.8. The zero-order chi connectivity index (χ0) is 16.2. The van der Waals surface area contributed by atoms with Gasteiger partial charge in [0.25, 0.3) is 0 Å². The standard InChI is InChI=1S/C19H28N2O2/c1-20(2)17-10-8-15(9-11-17)13-21(14-18-7-4-12-23-18)19(22)16-5-3-6-16/h8-11,16,18H,3-7,12-14H2,1-2H3. The summed E-state index contributed by atoms with van der Waals surface area (Å²) in [7, 11) is 4.08. The van der Waals surface area contributed by atoms with Crippen LogP contribution >= 0.6 is 0 Å².